The van der Waals surface area contributed by atoms with E-state index in [9.17, 15) is 14.4 Å². The molecule has 0 bridgehead atoms. The van der Waals surface area contributed by atoms with Crippen LogP contribution in [0.1, 0.15) is 43.2 Å². The molecule has 0 radical (unpaired) electrons. The lowest BCUT2D eigenvalue weighted by Gasteiger charge is -2.21. The van der Waals surface area contributed by atoms with Crippen LogP contribution in [-0.4, -0.2) is 24.1 Å². The van der Waals surface area contributed by atoms with Gasteiger partial charge in [0.2, 0.25) is 0 Å². The number of fused-ring (bicyclic) bond motifs is 1. The molecule has 1 N–H and O–H groups in total. The number of hydrogen-bond acceptors (Lipinski definition) is 4. The minimum atomic E-state index is -0.393. The molecule has 2 aromatic carbocycles. The van der Waals surface area contributed by atoms with Gasteiger partial charge in [0.1, 0.15) is 0 Å². The Morgan fingerprint density at radius 2 is 1.80 bits per heavy atom. The summed E-state index contributed by atoms with van der Waals surface area (Å²) in [4.78, 5) is 40.0. The highest BCUT2D eigenvalue weighted by Crippen LogP contribution is 2.32. The second-order valence-electron chi connectivity index (χ2n) is 6.75. The van der Waals surface area contributed by atoms with E-state index in [1.807, 2.05) is 11.4 Å². The van der Waals surface area contributed by atoms with Gasteiger partial charge in [-0.1, -0.05) is 29.3 Å². The number of carbonyl (C=O) groups excluding carboxylic acids is 3. The van der Waals surface area contributed by atoms with E-state index in [1.165, 1.54) is 11.3 Å². The van der Waals surface area contributed by atoms with E-state index in [0.29, 0.717) is 46.2 Å². The SMILES string of the molecule is O=C(Nc1ccc(C(=O)N2CCCC(=O)c3sccc32)cc1)c1cccc(Cl)c1Cl. The van der Waals surface area contributed by atoms with E-state index in [1.54, 1.807) is 47.4 Å². The number of Topliss-reactive ketones (excluding diaryl/α,β-unsaturated/α-hetero) is 1. The first kappa shape index (κ1) is 20.6. The van der Waals surface area contributed by atoms with E-state index < -0.39 is 5.91 Å². The minimum absolute atomic E-state index is 0.0769. The lowest BCUT2D eigenvalue weighted by molar-refractivity contribution is 0.0975. The average molecular weight is 459 g/mol. The second kappa shape index (κ2) is 8.60. The summed E-state index contributed by atoms with van der Waals surface area (Å²) in [7, 11) is 0. The fraction of sp³-hybridized carbons (Fsp3) is 0.136. The third kappa shape index (κ3) is 3.99. The molecular weight excluding hydrogens is 443 g/mol. The number of nitrogens with one attached hydrogen (secondary N) is 1. The lowest BCUT2D eigenvalue weighted by Crippen LogP contribution is -2.31. The van der Waals surface area contributed by atoms with E-state index >= 15 is 0 Å². The number of ketones is 1. The number of hydrogen-bond donors (Lipinski definition) is 1. The molecule has 152 valence electrons. The van der Waals surface area contributed by atoms with Crippen LogP contribution in [-0.2, 0) is 0 Å². The van der Waals surface area contributed by atoms with E-state index in [-0.39, 0.29) is 22.3 Å². The number of amides is 2. The van der Waals surface area contributed by atoms with Crippen molar-refractivity contribution < 1.29 is 14.4 Å². The first-order valence-corrected chi connectivity index (χ1v) is 10.9. The summed E-state index contributed by atoms with van der Waals surface area (Å²) in [5.74, 6) is -0.497. The predicted octanol–water partition coefficient (Wildman–Crippen LogP) is 5.93. The van der Waals surface area contributed by atoms with Crippen molar-refractivity contribution in [3.63, 3.8) is 0 Å². The van der Waals surface area contributed by atoms with E-state index in [2.05, 4.69) is 5.32 Å². The monoisotopic (exact) mass is 458 g/mol. The molecule has 1 aliphatic rings. The average Bonchev–Trinajstić information content (AvgIpc) is 3.17. The predicted molar refractivity (Wildman–Crippen MR) is 120 cm³/mol. The van der Waals surface area contributed by atoms with Gasteiger partial charge in [0, 0.05) is 24.2 Å². The maximum absolute atomic E-state index is 13.1. The smallest absolute Gasteiger partial charge is 0.258 e. The normalized spacial score (nSPS) is 13.5. The van der Waals surface area contributed by atoms with Gasteiger partial charge in [-0.25, -0.2) is 0 Å². The van der Waals surface area contributed by atoms with Crippen LogP contribution in [0.25, 0.3) is 0 Å². The molecule has 0 fully saturated rings. The summed E-state index contributed by atoms with van der Waals surface area (Å²) in [5.41, 5.74) is 1.93. The molecule has 0 saturated carbocycles. The van der Waals surface area contributed by atoms with Crippen LogP contribution in [0.2, 0.25) is 10.0 Å². The highest BCUT2D eigenvalue weighted by atomic mass is 35.5. The molecule has 1 aliphatic heterocycles. The minimum Gasteiger partial charge on any atom is -0.322 e. The second-order valence-corrected chi connectivity index (χ2v) is 8.45. The van der Waals surface area contributed by atoms with Gasteiger partial charge in [-0.3, -0.25) is 14.4 Å². The Kier molecular flexibility index (Phi) is 5.90. The molecule has 30 heavy (non-hydrogen) atoms. The van der Waals surface area contributed by atoms with Gasteiger partial charge in [-0.05, 0) is 54.3 Å². The van der Waals surface area contributed by atoms with Crippen LogP contribution in [0.4, 0.5) is 11.4 Å². The molecule has 8 heteroatoms. The van der Waals surface area contributed by atoms with E-state index in [4.69, 9.17) is 23.2 Å². The van der Waals surface area contributed by atoms with Gasteiger partial charge >= 0.3 is 0 Å². The first-order chi connectivity index (χ1) is 14.5. The lowest BCUT2D eigenvalue weighted by atomic mass is 10.1. The number of benzene rings is 2. The third-order valence-corrected chi connectivity index (χ3v) is 6.57. The molecular formula is C22H16Cl2N2O3S. The zero-order chi connectivity index (χ0) is 21.3. The molecule has 0 atom stereocenters. The molecule has 0 spiro atoms. The largest absolute Gasteiger partial charge is 0.322 e. The summed E-state index contributed by atoms with van der Waals surface area (Å²) >= 11 is 13.4. The van der Waals surface area contributed by atoms with Crippen molar-refractivity contribution in [1.82, 2.24) is 0 Å². The third-order valence-electron chi connectivity index (χ3n) is 4.81. The van der Waals surface area contributed by atoms with Crippen LogP contribution < -0.4 is 10.2 Å². The van der Waals surface area contributed by atoms with Crippen LogP contribution in [0.3, 0.4) is 0 Å². The number of rotatable bonds is 3. The van der Waals surface area contributed by atoms with Crippen molar-refractivity contribution in [2.24, 2.45) is 0 Å². The number of carbonyl (C=O) groups is 3. The summed E-state index contributed by atoms with van der Waals surface area (Å²) in [6.45, 7) is 0.486. The van der Waals surface area contributed by atoms with Crippen molar-refractivity contribution in [2.45, 2.75) is 12.8 Å². The standard InChI is InChI=1S/C22H16Cl2N2O3S/c23-16-4-1-3-15(19(16)24)21(28)25-14-8-6-13(7-9-14)22(29)26-11-2-5-18(27)20-17(26)10-12-30-20/h1,3-4,6-10,12H,2,5,11H2,(H,25,28). The highest BCUT2D eigenvalue weighted by Gasteiger charge is 2.27. The van der Waals surface area contributed by atoms with Crippen molar-refractivity contribution in [2.75, 3.05) is 16.8 Å². The van der Waals surface area contributed by atoms with Gasteiger partial charge in [0.25, 0.3) is 11.8 Å². The number of anilines is 2. The Labute approximate surface area is 187 Å². The van der Waals surface area contributed by atoms with E-state index in [0.717, 1.165) is 0 Å². The van der Waals surface area contributed by atoms with Crippen LogP contribution in [0.15, 0.2) is 53.9 Å². The zero-order valence-electron chi connectivity index (χ0n) is 15.7. The number of thiophene rings is 1. The summed E-state index contributed by atoms with van der Waals surface area (Å²) in [6.07, 6.45) is 1.06. The van der Waals surface area contributed by atoms with Gasteiger partial charge in [0.05, 0.1) is 26.2 Å². The van der Waals surface area contributed by atoms with Crippen LogP contribution in [0.5, 0.6) is 0 Å². The Morgan fingerprint density at radius 1 is 1.03 bits per heavy atom. The highest BCUT2D eigenvalue weighted by molar-refractivity contribution is 7.12. The van der Waals surface area contributed by atoms with Crippen molar-refractivity contribution in [3.05, 3.63) is 80.0 Å². The quantitative estimate of drug-likeness (QED) is 0.528. The van der Waals surface area contributed by atoms with Gasteiger partial charge < -0.3 is 10.2 Å². The Morgan fingerprint density at radius 3 is 2.57 bits per heavy atom. The molecule has 2 amide bonds. The van der Waals surface area contributed by atoms with Gasteiger partial charge in [-0.2, -0.15) is 0 Å². The van der Waals surface area contributed by atoms with Crippen molar-refractivity contribution in [1.29, 1.82) is 0 Å². The molecule has 0 aliphatic carbocycles. The molecule has 5 nitrogen and oxygen atoms in total. The summed E-state index contributed by atoms with van der Waals surface area (Å²) in [6, 6.07) is 13.3. The van der Waals surface area contributed by atoms with Crippen LogP contribution in [0, 0.1) is 0 Å². The number of nitrogens with zero attached hydrogens (tertiary/aromatic N) is 1. The summed E-state index contributed by atoms with van der Waals surface area (Å²) < 4.78 is 0. The topological polar surface area (TPSA) is 66.5 Å². The summed E-state index contributed by atoms with van der Waals surface area (Å²) in [5, 5.41) is 5.06. The molecule has 0 unspecified atom stereocenters. The fourth-order valence-electron chi connectivity index (χ4n) is 3.30. The molecule has 3 aromatic rings. The Bertz CT molecular complexity index is 1140. The molecule has 4 rings (SSSR count). The maximum Gasteiger partial charge on any atom is 0.258 e. The van der Waals surface area contributed by atoms with Gasteiger partial charge in [-0.15, -0.1) is 11.3 Å². The number of halogens is 2. The van der Waals surface area contributed by atoms with Crippen molar-refractivity contribution >= 4 is 63.5 Å². The molecule has 1 aromatic heterocycles. The molecule has 0 saturated heterocycles. The zero-order valence-corrected chi connectivity index (χ0v) is 18.0. The van der Waals surface area contributed by atoms with Crippen LogP contribution >= 0.6 is 34.5 Å². The Balaban J connectivity index is 1.52. The Hall–Kier alpha value is -2.67. The molecule has 2 heterocycles. The fourth-order valence-corrected chi connectivity index (χ4v) is 4.55. The van der Waals surface area contributed by atoms with Crippen molar-refractivity contribution in [3.8, 4) is 0 Å². The maximum atomic E-state index is 13.1. The van der Waals surface area contributed by atoms with Gasteiger partial charge in [0.15, 0.2) is 5.78 Å². The first-order valence-electron chi connectivity index (χ1n) is 9.23.